The predicted octanol–water partition coefficient (Wildman–Crippen LogP) is 6.39. The Morgan fingerprint density at radius 2 is 1.60 bits per heavy atom. The smallest absolute Gasteiger partial charge is 0.254 e. The number of ether oxygens (including phenoxy) is 2. The van der Waals surface area contributed by atoms with Crippen LogP contribution in [0.4, 0.5) is 4.39 Å². The van der Waals surface area contributed by atoms with Crippen LogP contribution in [0.25, 0.3) is 11.1 Å². The number of halogens is 1. The number of likely N-dealkylation sites (tertiary alicyclic amines) is 1. The zero-order valence-corrected chi connectivity index (χ0v) is 25.2. The summed E-state index contributed by atoms with van der Waals surface area (Å²) in [6.45, 7) is 8.72. The number of pyridine rings is 1. The summed E-state index contributed by atoms with van der Waals surface area (Å²) >= 11 is 0. The molecule has 0 radical (unpaired) electrons. The van der Waals surface area contributed by atoms with Crippen LogP contribution in [0.5, 0.6) is 17.2 Å². The lowest BCUT2D eigenvalue weighted by atomic mass is 9.86. The van der Waals surface area contributed by atoms with Crippen molar-refractivity contribution in [3.8, 4) is 28.4 Å². The second-order valence-electron chi connectivity index (χ2n) is 12.4. The molecule has 7 nitrogen and oxygen atoms in total. The summed E-state index contributed by atoms with van der Waals surface area (Å²) in [6, 6.07) is 9.79. The molecule has 0 atom stereocenters. The molecule has 2 heterocycles. The predicted molar refractivity (Wildman–Crippen MR) is 160 cm³/mol. The van der Waals surface area contributed by atoms with Gasteiger partial charge in [0.2, 0.25) is 5.91 Å². The van der Waals surface area contributed by atoms with E-state index in [4.69, 9.17) is 9.47 Å². The molecule has 1 saturated carbocycles. The van der Waals surface area contributed by atoms with Crippen molar-refractivity contribution < 1.29 is 23.8 Å². The number of hydrogen-bond donors (Lipinski definition) is 1. The van der Waals surface area contributed by atoms with E-state index in [1.807, 2.05) is 11.0 Å². The van der Waals surface area contributed by atoms with Crippen LogP contribution in [0.1, 0.15) is 69.1 Å². The molecule has 0 unspecified atom stereocenters. The number of aliphatic hydroxyl groups is 1. The van der Waals surface area contributed by atoms with Gasteiger partial charge in [0.25, 0.3) is 5.56 Å². The number of carbonyl (C=O) groups excluding carboxylic acids is 1. The molecular formula is C34H41FN2O5. The van der Waals surface area contributed by atoms with Gasteiger partial charge in [0.15, 0.2) is 0 Å². The zero-order valence-electron chi connectivity index (χ0n) is 25.2. The van der Waals surface area contributed by atoms with Gasteiger partial charge in [0.05, 0.1) is 11.7 Å². The molecule has 1 aromatic heterocycles. The van der Waals surface area contributed by atoms with Crippen molar-refractivity contribution in [3.63, 3.8) is 0 Å². The van der Waals surface area contributed by atoms with Gasteiger partial charge < -0.3 is 24.0 Å². The summed E-state index contributed by atoms with van der Waals surface area (Å²) in [6.07, 6.45) is 6.70. The largest absolute Gasteiger partial charge is 0.490 e. The van der Waals surface area contributed by atoms with Gasteiger partial charge in [-0.3, -0.25) is 9.59 Å². The summed E-state index contributed by atoms with van der Waals surface area (Å²) in [5.41, 5.74) is 1.92. The molecule has 1 aliphatic carbocycles. The second-order valence-corrected chi connectivity index (χ2v) is 12.4. The van der Waals surface area contributed by atoms with Crippen LogP contribution in [-0.4, -0.2) is 39.7 Å². The Morgan fingerprint density at radius 3 is 2.21 bits per heavy atom. The van der Waals surface area contributed by atoms with Crippen LogP contribution in [0.2, 0.25) is 0 Å². The number of rotatable bonds is 7. The minimum Gasteiger partial charge on any atom is -0.490 e. The normalized spacial score (nSPS) is 19.2. The van der Waals surface area contributed by atoms with Crippen molar-refractivity contribution in [2.45, 2.75) is 77.9 Å². The molecule has 2 aliphatic rings. The summed E-state index contributed by atoms with van der Waals surface area (Å²) < 4.78 is 28.5. The maximum atomic E-state index is 14.0. The van der Waals surface area contributed by atoms with Gasteiger partial charge in [-0.2, -0.15) is 0 Å². The van der Waals surface area contributed by atoms with Crippen molar-refractivity contribution in [2.24, 2.45) is 13.0 Å². The Balaban J connectivity index is 1.49. The Hall–Kier alpha value is -3.65. The first kappa shape index (κ1) is 29.8. The topological polar surface area (TPSA) is 81.0 Å². The van der Waals surface area contributed by atoms with Crippen molar-refractivity contribution in [1.82, 2.24) is 9.47 Å². The fraction of sp³-hybridized carbons (Fsp3) is 0.471. The lowest BCUT2D eigenvalue weighted by Gasteiger charge is -2.31. The minimum atomic E-state index is -1.13. The Kier molecular flexibility index (Phi) is 8.46. The molecule has 0 bridgehead atoms. The van der Waals surface area contributed by atoms with Crippen molar-refractivity contribution >= 4 is 5.91 Å². The second kappa shape index (κ2) is 11.9. The fourth-order valence-corrected chi connectivity index (χ4v) is 6.09. The molecule has 2 fully saturated rings. The first-order valence-electron chi connectivity index (χ1n) is 14.9. The summed E-state index contributed by atoms with van der Waals surface area (Å²) in [5.74, 6) is 1.41. The Labute approximate surface area is 246 Å². The molecular weight excluding hydrogens is 535 g/mol. The van der Waals surface area contributed by atoms with Crippen LogP contribution < -0.4 is 15.0 Å². The lowest BCUT2D eigenvalue weighted by molar-refractivity contribution is -0.136. The summed E-state index contributed by atoms with van der Waals surface area (Å²) in [5, 5.41) is 10.8. The van der Waals surface area contributed by atoms with E-state index in [1.165, 1.54) is 22.8 Å². The molecule has 5 rings (SSSR count). The van der Waals surface area contributed by atoms with E-state index in [0.717, 1.165) is 51.6 Å². The van der Waals surface area contributed by atoms with Crippen molar-refractivity contribution in [2.75, 3.05) is 13.1 Å². The lowest BCUT2D eigenvalue weighted by Crippen LogP contribution is -2.37. The zero-order chi connectivity index (χ0) is 30.2. The number of aromatic nitrogens is 1. The minimum absolute atomic E-state index is 0.0247. The monoisotopic (exact) mass is 576 g/mol. The molecule has 224 valence electrons. The van der Waals surface area contributed by atoms with Crippen LogP contribution >= 0.6 is 0 Å². The highest BCUT2D eigenvalue weighted by atomic mass is 19.1. The highest BCUT2D eigenvalue weighted by molar-refractivity contribution is 5.79. The molecule has 1 N–H and O–H groups in total. The summed E-state index contributed by atoms with van der Waals surface area (Å²) in [7, 11) is 1.68. The number of carbonyl (C=O) groups is 1. The average Bonchev–Trinajstić information content (AvgIpc) is 3.47. The third-order valence-electron chi connectivity index (χ3n) is 8.54. The van der Waals surface area contributed by atoms with Crippen LogP contribution in [0.3, 0.4) is 0 Å². The first-order chi connectivity index (χ1) is 19.9. The van der Waals surface area contributed by atoms with Crippen LogP contribution in [-0.2, 0) is 17.4 Å². The van der Waals surface area contributed by atoms with Gasteiger partial charge in [0.1, 0.15) is 23.1 Å². The van der Waals surface area contributed by atoms with E-state index in [2.05, 4.69) is 0 Å². The molecule has 42 heavy (non-hydrogen) atoms. The van der Waals surface area contributed by atoms with E-state index in [1.54, 1.807) is 53.1 Å². The third-order valence-corrected chi connectivity index (χ3v) is 8.54. The number of aryl methyl sites for hydroxylation is 3. The quantitative estimate of drug-likeness (QED) is 0.353. The third kappa shape index (κ3) is 6.38. The molecule has 3 aromatic rings. The van der Waals surface area contributed by atoms with E-state index >= 15 is 0 Å². The van der Waals surface area contributed by atoms with Crippen molar-refractivity contribution in [1.29, 1.82) is 0 Å². The van der Waals surface area contributed by atoms with Gasteiger partial charge in [-0.25, -0.2) is 4.39 Å². The first-order valence-corrected chi connectivity index (χ1v) is 14.9. The van der Waals surface area contributed by atoms with Gasteiger partial charge in [-0.15, -0.1) is 0 Å². The van der Waals surface area contributed by atoms with E-state index in [9.17, 15) is 19.1 Å². The van der Waals surface area contributed by atoms with E-state index < -0.39 is 5.60 Å². The molecule has 1 amide bonds. The molecule has 0 spiro atoms. The summed E-state index contributed by atoms with van der Waals surface area (Å²) in [4.78, 5) is 27.7. The molecule has 2 aromatic carbocycles. The Morgan fingerprint density at radius 1 is 0.952 bits per heavy atom. The maximum absolute atomic E-state index is 14.0. The van der Waals surface area contributed by atoms with Gasteiger partial charge >= 0.3 is 0 Å². The van der Waals surface area contributed by atoms with Gasteiger partial charge in [0, 0.05) is 49.4 Å². The van der Waals surface area contributed by atoms with E-state index in [-0.39, 0.29) is 29.3 Å². The van der Waals surface area contributed by atoms with Gasteiger partial charge in [-0.1, -0.05) is 6.07 Å². The maximum Gasteiger partial charge on any atom is 0.254 e. The van der Waals surface area contributed by atoms with Crippen molar-refractivity contribution in [3.05, 3.63) is 75.5 Å². The van der Waals surface area contributed by atoms with E-state index in [0.29, 0.717) is 45.1 Å². The van der Waals surface area contributed by atoms with Gasteiger partial charge in [-0.05, 0) is 107 Å². The SMILES string of the molecule is Cc1cc(F)cc(C)c1Oc1ccc(C(C)(C)O)cc1-c1cn(C)c(=O)cc1OC1CCC(C(=O)N2CCCC2)CC1. The standard InChI is InChI=1S/C34H41FN2O5/c1-21-16-25(35)17-22(2)32(21)42-29-13-10-24(34(3,4)40)18-27(29)28-20-36(5)31(38)19-30(28)41-26-11-8-23(9-12-26)33(39)37-14-6-7-15-37/h10,13,16-20,23,26,40H,6-9,11-12,14-15H2,1-5H3. The molecule has 8 heteroatoms. The number of nitrogens with zero attached hydrogens (tertiary/aromatic N) is 2. The van der Waals surface area contributed by atoms with Crippen LogP contribution in [0.15, 0.2) is 47.4 Å². The number of benzene rings is 2. The highest BCUT2D eigenvalue weighted by Gasteiger charge is 2.32. The average molecular weight is 577 g/mol. The fourth-order valence-electron chi connectivity index (χ4n) is 6.09. The van der Waals surface area contributed by atoms with Crippen LogP contribution in [0, 0.1) is 25.6 Å². The Bertz CT molecular complexity index is 1500. The number of hydrogen-bond acceptors (Lipinski definition) is 5. The molecule has 1 aliphatic heterocycles. The molecule has 1 saturated heterocycles. The number of amides is 1. The highest BCUT2D eigenvalue weighted by Crippen LogP contribution is 2.42.